The van der Waals surface area contributed by atoms with E-state index >= 15 is 0 Å². The average molecular weight is 333 g/mol. The number of β-amino-alcohol motifs (C(OH)–C–C–N with tert-alkyl or cyclic N) is 1. The van der Waals surface area contributed by atoms with Crippen molar-refractivity contribution in [2.45, 2.75) is 18.7 Å². The SMILES string of the molecule is CN(C)[C@H]1CN(Cc2cnc(-c3ccc(Cl)cc3)nc2)C[C@@H]1O. The number of hydrogen-bond donors (Lipinski definition) is 1. The van der Waals surface area contributed by atoms with Gasteiger partial charge in [0.15, 0.2) is 5.82 Å². The number of benzene rings is 1. The molecule has 1 aromatic carbocycles. The molecule has 0 unspecified atom stereocenters. The van der Waals surface area contributed by atoms with Crippen LogP contribution in [0.15, 0.2) is 36.7 Å². The molecule has 1 aliphatic rings. The molecule has 1 aliphatic heterocycles. The second-order valence-electron chi connectivity index (χ2n) is 6.21. The van der Waals surface area contributed by atoms with Crippen molar-refractivity contribution in [2.24, 2.45) is 0 Å². The summed E-state index contributed by atoms with van der Waals surface area (Å²) in [7, 11) is 4.00. The topological polar surface area (TPSA) is 52.5 Å². The van der Waals surface area contributed by atoms with Crippen molar-refractivity contribution >= 4 is 11.6 Å². The highest BCUT2D eigenvalue weighted by molar-refractivity contribution is 6.30. The molecule has 2 aromatic rings. The van der Waals surface area contributed by atoms with Crippen molar-refractivity contribution in [1.82, 2.24) is 19.8 Å². The van der Waals surface area contributed by atoms with Gasteiger partial charge in [0.1, 0.15) is 0 Å². The van der Waals surface area contributed by atoms with Crippen molar-refractivity contribution < 1.29 is 5.11 Å². The molecule has 0 amide bonds. The summed E-state index contributed by atoms with van der Waals surface area (Å²) in [6.45, 7) is 2.29. The lowest BCUT2D eigenvalue weighted by molar-refractivity contribution is 0.112. The van der Waals surface area contributed by atoms with Crippen molar-refractivity contribution in [1.29, 1.82) is 0 Å². The molecule has 0 aliphatic carbocycles. The first-order chi connectivity index (χ1) is 11.0. The summed E-state index contributed by atoms with van der Waals surface area (Å²) in [6.07, 6.45) is 3.40. The van der Waals surface area contributed by atoms with Gasteiger partial charge in [-0.25, -0.2) is 9.97 Å². The van der Waals surface area contributed by atoms with Crippen molar-refractivity contribution in [3.05, 3.63) is 47.2 Å². The zero-order valence-electron chi connectivity index (χ0n) is 13.4. The zero-order valence-corrected chi connectivity index (χ0v) is 14.1. The molecule has 1 N–H and O–H groups in total. The molecule has 122 valence electrons. The summed E-state index contributed by atoms with van der Waals surface area (Å²) >= 11 is 5.90. The summed E-state index contributed by atoms with van der Waals surface area (Å²) < 4.78 is 0. The molecule has 5 nitrogen and oxygen atoms in total. The Morgan fingerprint density at radius 1 is 1.17 bits per heavy atom. The van der Waals surface area contributed by atoms with E-state index in [2.05, 4.69) is 19.8 Å². The molecule has 6 heteroatoms. The van der Waals surface area contributed by atoms with Crippen molar-refractivity contribution in [2.75, 3.05) is 27.2 Å². The third-order valence-corrected chi connectivity index (χ3v) is 4.46. The largest absolute Gasteiger partial charge is 0.390 e. The van der Waals surface area contributed by atoms with E-state index in [0.29, 0.717) is 17.4 Å². The predicted octanol–water partition coefficient (Wildman–Crippen LogP) is 1.90. The first-order valence-electron chi connectivity index (χ1n) is 7.66. The second-order valence-corrected chi connectivity index (χ2v) is 6.65. The Morgan fingerprint density at radius 2 is 1.83 bits per heavy atom. The first kappa shape index (κ1) is 16.3. The maximum atomic E-state index is 10.1. The van der Waals surface area contributed by atoms with Gasteiger partial charge in [0, 0.05) is 54.2 Å². The molecule has 23 heavy (non-hydrogen) atoms. The van der Waals surface area contributed by atoms with Crippen LogP contribution in [0.3, 0.4) is 0 Å². The van der Waals surface area contributed by atoms with Crippen LogP contribution in [0.2, 0.25) is 5.02 Å². The molecular weight excluding hydrogens is 312 g/mol. The Hall–Kier alpha value is -1.53. The van der Waals surface area contributed by atoms with Crippen molar-refractivity contribution in [3.63, 3.8) is 0 Å². The fraction of sp³-hybridized carbons (Fsp3) is 0.412. The van der Waals surface area contributed by atoms with Gasteiger partial charge in [0.05, 0.1) is 6.10 Å². The lowest BCUT2D eigenvalue weighted by atomic mass is 10.2. The Morgan fingerprint density at radius 3 is 2.39 bits per heavy atom. The summed E-state index contributed by atoms with van der Waals surface area (Å²) in [6, 6.07) is 7.68. The van der Waals surface area contributed by atoms with Crippen LogP contribution in [-0.4, -0.2) is 64.2 Å². The van der Waals surface area contributed by atoms with Gasteiger partial charge in [-0.15, -0.1) is 0 Å². The molecule has 0 bridgehead atoms. The minimum atomic E-state index is -0.306. The molecular formula is C17H21ClN4O. The maximum Gasteiger partial charge on any atom is 0.159 e. The third kappa shape index (κ3) is 3.87. The lowest BCUT2D eigenvalue weighted by Gasteiger charge is -2.21. The van der Waals surface area contributed by atoms with E-state index in [1.54, 1.807) is 0 Å². The average Bonchev–Trinajstić information content (AvgIpc) is 2.90. The number of likely N-dealkylation sites (tertiary alicyclic amines) is 1. The number of aliphatic hydroxyl groups excluding tert-OH is 1. The number of nitrogens with zero attached hydrogens (tertiary/aromatic N) is 4. The van der Waals surface area contributed by atoms with Gasteiger partial charge < -0.3 is 10.0 Å². The van der Waals surface area contributed by atoms with Crippen LogP contribution in [-0.2, 0) is 6.54 Å². The molecule has 3 rings (SSSR count). The van der Waals surface area contributed by atoms with E-state index in [0.717, 1.165) is 24.2 Å². The predicted molar refractivity (Wildman–Crippen MR) is 91.2 cm³/mol. The smallest absolute Gasteiger partial charge is 0.159 e. The fourth-order valence-corrected chi connectivity index (χ4v) is 3.05. The third-order valence-electron chi connectivity index (χ3n) is 4.21. The molecule has 1 aromatic heterocycles. The monoisotopic (exact) mass is 332 g/mol. The minimum Gasteiger partial charge on any atom is -0.390 e. The Kier molecular flexibility index (Phi) is 4.92. The second kappa shape index (κ2) is 6.93. The normalized spacial score (nSPS) is 22.0. The minimum absolute atomic E-state index is 0.184. The Labute approximate surface area is 141 Å². The van der Waals surface area contributed by atoms with Crippen molar-refractivity contribution in [3.8, 4) is 11.4 Å². The van der Waals surface area contributed by atoms with Gasteiger partial charge in [0.2, 0.25) is 0 Å². The molecule has 0 saturated carbocycles. The number of rotatable bonds is 4. The van der Waals surface area contributed by atoms with Crippen LogP contribution in [0.5, 0.6) is 0 Å². The van der Waals surface area contributed by atoms with E-state index in [-0.39, 0.29) is 12.1 Å². The molecule has 2 heterocycles. The highest BCUT2D eigenvalue weighted by Gasteiger charge is 2.32. The van der Waals surface area contributed by atoms with Crippen LogP contribution in [0, 0.1) is 0 Å². The summed E-state index contributed by atoms with van der Waals surface area (Å²) in [5, 5.41) is 10.8. The van der Waals surface area contributed by atoms with Crippen LogP contribution in [0.4, 0.5) is 0 Å². The molecule has 2 atom stereocenters. The van der Waals surface area contributed by atoms with Gasteiger partial charge in [-0.2, -0.15) is 0 Å². The van der Waals surface area contributed by atoms with Gasteiger partial charge >= 0.3 is 0 Å². The number of halogens is 1. The first-order valence-corrected chi connectivity index (χ1v) is 8.04. The van der Waals surface area contributed by atoms with E-state index in [4.69, 9.17) is 11.6 Å². The van der Waals surface area contributed by atoms with Crippen LogP contribution in [0.25, 0.3) is 11.4 Å². The molecule has 0 spiro atoms. The summed E-state index contributed by atoms with van der Waals surface area (Å²) in [5.41, 5.74) is 2.00. The molecule has 1 fully saturated rings. The highest BCUT2D eigenvalue weighted by atomic mass is 35.5. The molecule has 0 radical (unpaired) electrons. The summed E-state index contributed by atoms with van der Waals surface area (Å²) in [5.74, 6) is 0.693. The van der Waals surface area contributed by atoms with Gasteiger partial charge in [-0.3, -0.25) is 4.90 Å². The molecule has 1 saturated heterocycles. The quantitative estimate of drug-likeness (QED) is 0.927. The van der Waals surface area contributed by atoms with E-state index in [1.165, 1.54) is 0 Å². The van der Waals surface area contributed by atoms with Gasteiger partial charge in [-0.1, -0.05) is 11.6 Å². The number of aromatic nitrogens is 2. The summed E-state index contributed by atoms with van der Waals surface area (Å²) in [4.78, 5) is 13.2. The van der Waals surface area contributed by atoms with Crippen LogP contribution in [0.1, 0.15) is 5.56 Å². The van der Waals surface area contributed by atoms with E-state index in [9.17, 15) is 5.11 Å². The van der Waals surface area contributed by atoms with Crippen LogP contribution >= 0.6 is 11.6 Å². The standard InChI is InChI=1S/C17H21ClN4O/c1-21(2)15-10-22(11-16(15)23)9-12-7-19-17(20-8-12)13-3-5-14(18)6-4-13/h3-8,15-16,23H,9-11H2,1-2H3/t15-,16-/m0/s1. The zero-order chi connectivity index (χ0) is 16.4. The maximum absolute atomic E-state index is 10.1. The highest BCUT2D eigenvalue weighted by Crippen LogP contribution is 2.19. The Balaban J connectivity index is 1.65. The lowest BCUT2D eigenvalue weighted by Crippen LogP contribution is -2.37. The fourth-order valence-electron chi connectivity index (χ4n) is 2.93. The van der Waals surface area contributed by atoms with E-state index in [1.807, 2.05) is 50.8 Å². The van der Waals surface area contributed by atoms with Crippen LogP contribution < -0.4 is 0 Å². The Bertz CT molecular complexity index is 645. The number of hydrogen-bond acceptors (Lipinski definition) is 5. The van der Waals surface area contributed by atoms with Gasteiger partial charge in [-0.05, 0) is 38.4 Å². The number of likely N-dealkylation sites (N-methyl/N-ethyl adjacent to an activating group) is 1. The van der Waals surface area contributed by atoms with Gasteiger partial charge in [0.25, 0.3) is 0 Å². The van der Waals surface area contributed by atoms with E-state index < -0.39 is 0 Å². The number of aliphatic hydroxyl groups is 1.